The number of halogens is 1. The van der Waals surface area contributed by atoms with Crippen LogP contribution in [0.25, 0.3) is 0 Å². The molecule has 0 saturated carbocycles. The highest BCUT2D eigenvalue weighted by Crippen LogP contribution is 2.37. The van der Waals surface area contributed by atoms with Gasteiger partial charge in [0.1, 0.15) is 22.2 Å². The number of aliphatic hydroxyl groups is 1. The number of nitrogens with zero attached hydrogens (tertiary/aromatic N) is 3. The summed E-state index contributed by atoms with van der Waals surface area (Å²) < 4.78 is 18.7. The molecule has 7 heteroatoms. The van der Waals surface area contributed by atoms with Gasteiger partial charge in [-0.2, -0.15) is 0 Å². The van der Waals surface area contributed by atoms with Gasteiger partial charge in [0.05, 0.1) is 18.0 Å². The van der Waals surface area contributed by atoms with E-state index in [1.807, 2.05) is 31.3 Å². The molecule has 0 amide bonds. The Kier molecular flexibility index (Phi) is 6.95. The van der Waals surface area contributed by atoms with E-state index in [0.717, 1.165) is 47.3 Å². The maximum absolute atomic E-state index is 13.0. The number of aryl methyl sites for hydroxylation is 1. The number of hydrogen-bond acceptors (Lipinski definition) is 6. The number of thiazole rings is 1. The molecule has 1 aliphatic heterocycles. The number of rotatable bonds is 7. The van der Waals surface area contributed by atoms with Crippen molar-refractivity contribution in [2.75, 3.05) is 19.7 Å². The summed E-state index contributed by atoms with van der Waals surface area (Å²) in [6, 6.07) is 12.0. The van der Waals surface area contributed by atoms with Gasteiger partial charge in [-0.15, -0.1) is 11.3 Å². The second-order valence-corrected chi connectivity index (χ2v) is 9.15. The largest absolute Gasteiger partial charge is 0.493 e. The molecule has 164 valence electrons. The van der Waals surface area contributed by atoms with Gasteiger partial charge in [0.15, 0.2) is 0 Å². The molecule has 5 nitrogen and oxygen atoms in total. The Hall–Kier alpha value is -2.35. The van der Waals surface area contributed by atoms with Crippen LogP contribution in [0.1, 0.15) is 40.5 Å². The normalized spacial score (nSPS) is 19.8. The zero-order valence-corrected chi connectivity index (χ0v) is 18.6. The first-order valence-electron chi connectivity index (χ1n) is 10.7. The minimum Gasteiger partial charge on any atom is -0.493 e. The van der Waals surface area contributed by atoms with Crippen molar-refractivity contribution in [1.82, 2.24) is 14.9 Å². The van der Waals surface area contributed by atoms with E-state index < -0.39 is 5.60 Å². The topological polar surface area (TPSA) is 58.5 Å². The average Bonchev–Trinajstić information content (AvgIpc) is 3.04. The molecule has 4 rings (SSSR count). The quantitative estimate of drug-likeness (QED) is 0.586. The fourth-order valence-electron chi connectivity index (χ4n) is 3.92. The number of pyridine rings is 1. The summed E-state index contributed by atoms with van der Waals surface area (Å²) in [5, 5.41) is 12.2. The van der Waals surface area contributed by atoms with Gasteiger partial charge in [-0.05, 0) is 69.1 Å². The summed E-state index contributed by atoms with van der Waals surface area (Å²) in [7, 11) is 0. The number of likely N-dealkylation sites (tertiary alicyclic amines) is 1. The molecule has 31 heavy (non-hydrogen) atoms. The molecule has 1 aromatic carbocycles. The van der Waals surface area contributed by atoms with Gasteiger partial charge in [-0.3, -0.25) is 9.88 Å². The van der Waals surface area contributed by atoms with Crippen LogP contribution in [0.15, 0.2) is 48.7 Å². The zero-order valence-electron chi connectivity index (χ0n) is 17.8. The van der Waals surface area contributed by atoms with Crippen LogP contribution < -0.4 is 4.74 Å². The molecular weight excluding hydrogens is 413 g/mol. The van der Waals surface area contributed by atoms with Crippen molar-refractivity contribution in [2.24, 2.45) is 0 Å². The van der Waals surface area contributed by atoms with Crippen molar-refractivity contribution >= 4 is 11.3 Å². The predicted molar refractivity (Wildman–Crippen MR) is 120 cm³/mol. The third-order valence-corrected chi connectivity index (χ3v) is 7.13. The second kappa shape index (κ2) is 9.85. The third kappa shape index (κ3) is 5.67. The lowest BCUT2D eigenvalue weighted by Crippen LogP contribution is -2.29. The van der Waals surface area contributed by atoms with Crippen molar-refractivity contribution in [1.29, 1.82) is 0 Å². The minimum absolute atomic E-state index is 0.273. The Morgan fingerprint density at radius 3 is 2.77 bits per heavy atom. The lowest BCUT2D eigenvalue weighted by atomic mass is 9.96. The van der Waals surface area contributed by atoms with Gasteiger partial charge >= 0.3 is 0 Å². The SMILES string of the molecule is Cc1nc([C@]2(O)CCCN(Cc3ccccn3)CC2)sc1CCOc1ccc(F)cc1. The smallest absolute Gasteiger partial charge is 0.125 e. The molecule has 3 aromatic rings. The van der Waals surface area contributed by atoms with E-state index in [-0.39, 0.29) is 5.82 Å². The standard InChI is InChI=1S/C24H28FN3O2S/c1-18-22(10-16-30-21-8-6-19(25)7-9-21)31-23(27-18)24(29)11-4-14-28(15-12-24)17-20-5-2-3-13-26-20/h2-3,5-9,13,29H,4,10-12,14-17H2,1H3/t24-/m0/s1. The van der Waals surface area contributed by atoms with Crippen molar-refractivity contribution in [3.8, 4) is 5.75 Å². The number of ether oxygens (including phenoxy) is 1. The van der Waals surface area contributed by atoms with Crippen LogP contribution in [-0.4, -0.2) is 39.7 Å². The molecule has 0 bridgehead atoms. The zero-order chi connectivity index (χ0) is 21.7. The first kappa shape index (κ1) is 21.9. The van der Waals surface area contributed by atoms with E-state index in [9.17, 15) is 9.50 Å². The van der Waals surface area contributed by atoms with Crippen LogP contribution >= 0.6 is 11.3 Å². The van der Waals surface area contributed by atoms with Crippen molar-refractivity contribution in [3.05, 3.63) is 75.8 Å². The van der Waals surface area contributed by atoms with Crippen LogP contribution in [0.2, 0.25) is 0 Å². The van der Waals surface area contributed by atoms with Gasteiger partial charge in [-0.1, -0.05) is 6.07 Å². The van der Waals surface area contributed by atoms with E-state index in [2.05, 4.69) is 9.88 Å². The van der Waals surface area contributed by atoms with E-state index in [1.54, 1.807) is 23.5 Å². The first-order valence-corrected chi connectivity index (χ1v) is 11.5. The highest BCUT2D eigenvalue weighted by atomic mass is 32.1. The fraction of sp³-hybridized carbons (Fsp3) is 0.417. The molecule has 3 heterocycles. The maximum Gasteiger partial charge on any atom is 0.125 e. The van der Waals surface area contributed by atoms with Crippen molar-refractivity contribution in [2.45, 2.75) is 44.8 Å². The number of aromatic nitrogens is 2. The van der Waals surface area contributed by atoms with E-state index in [4.69, 9.17) is 9.72 Å². The van der Waals surface area contributed by atoms with Crippen LogP contribution in [0.5, 0.6) is 5.75 Å². The predicted octanol–water partition coefficient (Wildman–Crippen LogP) is 4.48. The van der Waals surface area contributed by atoms with Crippen molar-refractivity contribution in [3.63, 3.8) is 0 Å². The molecule has 1 fully saturated rings. The van der Waals surface area contributed by atoms with Crippen LogP contribution in [0.3, 0.4) is 0 Å². The van der Waals surface area contributed by atoms with Gasteiger partial charge < -0.3 is 9.84 Å². The van der Waals surface area contributed by atoms with E-state index in [1.165, 1.54) is 12.1 Å². The summed E-state index contributed by atoms with van der Waals surface area (Å²) >= 11 is 1.58. The van der Waals surface area contributed by atoms with Crippen LogP contribution in [0.4, 0.5) is 4.39 Å². The molecule has 1 saturated heterocycles. The average molecular weight is 442 g/mol. The Labute approximate surface area is 186 Å². The maximum atomic E-state index is 13.0. The van der Waals surface area contributed by atoms with Gasteiger partial charge in [0, 0.05) is 30.6 Å². The Morgan fingerprint density at radius 2 is 2.00 bits per heavy atom. The summed E-state index contributed by atoms with van der Waals surface area (Å²) in [5.74, 6) is 0.379. The van der Waals surface area contributed by atoms with Gasteiger partial charge in [0.25, 0.3) is 0 Å². The van der Waals surface area contributed by atoms with Crippen LogP contribution in [-0.2, 0) is 18.6 Å². The molecule has 0 aliphatic carbocycles. The second-order valence-electron chi connectivity index (χ2n) is 8.06. The summed E-state index contributed by atoms with van der Waals surface area (Å²) in [6.07, 6.45) is 4.83. The lowest BCUT2D eigenvalue weighted by molar-refractivity contribution is 0.0206. The summed E-state index contributed by atoms with van der Waals surface area (Å²) in [6.45, 7) is 5.04. The highest BCUT2D eigenvalue weighted by molar-refractivity contribution is 7.11. The Balaban J connectivity index is 1.35. The molecule has 1 N–H and O–H groups in total. The molecule has 0 unspecified atom stereocenters. The third-order valence-electron chi connectivity index (χ3n) is 5.72. The molecule has 1 aliphatic rings. The number of benzene rings is 1. The van der Waals surface area contributed by atoms with Crippen LogP contribution in [0, 0.1) is 12.7 Å². The molecule has 1 atom stereocenters. The summed E-state index contributed by atoms with van der Waals surface area (Å²) in [5.41, 5.74) is 1.12. The van der Waals surface area contributed by atoms with E-state index in [0.29, 0.717) is 31.6 Å². The molecule has 0 radical (unpaired) electrons. The molecule has 0 spiro atoms. The monoisotopic (exact) mass is 441 g/mol. The summed E-state index contributed by atoms with van der Waals surface area (Å²) in [4.78, 5) is 12.6. The first-order chi connectivity index (χ1) is 15.0. The minimum atomic E-state index is -0.885. The van der Waals surface area contributed by atoms with Gasteiger partial charge in [-0.25, -0.2) is 9.37 Å². The van der Waals surface area contributed by atoms with Gasteiger partial charge in [0.2, 0.25) is 0 Å². The van der Waals surface area contributed by atoms with E-state index >= 15 is 0 Å². The lowest BCUT2D eigenvalue weighted by Gasteiger charge is -2.24. The Bertz CT molecular complexity index is 980. The highest BCUT2D eigenvalue weighted by Gasteiger charge is 2.35. The molecule has 2 aromatic heterocycles. The Morgan fingerprint density at radius 1 is 1.16 bits per heavy atom. The molecular formula is C24H28FN3O2S. The van der Waals surface area contributed by atoms with Crippen molar-refractivity contribution < 1.29 is 14.2 Å². The fourth-order valence-corrected chi connectivity index (χ4v) is 5.11. The number of hydrogen-bond donors (Lipinski definition) is 1.